The zero-order valence-electron chi connectivity index (χ0n) is 17.1. The molecule has 0 unspecified atom stereocenters. The van der Waals surface area contributed by atoms with Crippen LogP contribution in [0.15, 0.2) is 5.16 Å². The fourth-order valence-corrected chi connectivity index (χ4v) is 4.99. The van der Waals surface area contributed by atoms with Crippen LogP contribution in [0.2, 0.25) is 0 Å². The van der Waals surface area contributed by atoms with Gasteiger partial charge >= 0.3 is 0 Å². The molecule has 0 aromatic carbocycles. The smallest absolute Gasteiger partial charge is 0.236 e. The van der Waals surface area contributed by atoms with Crippen LogP contribution in [0, 0.1) is 11.3 Å². The Hall–Kier alpha value is -1.79. The zero-order chi connectivity index (χ0) is 20.1. The number of nitriles is 1. The second-order valence-electron chi connectivity index (χ2n) is 7.49. The molecule has 28 heavy (non-hydrogen) atoms. The van der Waals surface area contributed by atoms with Gasteiger partial charge in [-0.05, 0) is 26.7 Å². The molecule has 1 amide bonds. The molecule has 1 aromatic rings. The van der Waals surface area contributed by atoms with E-state index in [1.165, 1.54) is 11.8 Å². The molecule has 154 valence electrons. The van der Waals surface area contributed by atoms with Gasteiger partial charge in [0.05, 0.1) is 24.5 Å². The van der Waals surface area contributed by atoms with Gasteiger partial charge in [0.1, 0.15) is 5.54 Å². The number of anilines is 1. The average molecular weight is 407 g/mol. The number of hydrogen-bond acceptors (Lipinski definition) is 7. The molecule has 1 atom stereocenters. The van der Waals surface area contributed by atoms with Crippen LogP contribution in [0.25, 0.3) is 0 Å². The van der Waals surface area contributed by atoms with Crippen molar-refractivity contribution < 1.29 is 9.53 Å². The van der Waals surface area contributed by atoms with Crippen molar-refractivity contribution in [2.45, 2.75) is 68.4 Å². The van der Waals surface area contributed by atoms with Crippen molar-refractivity contribution in [1.82, 2.24) is 19.7 Å². The van der Waals surface area contributed by atoms with Crippen LogP contribution in [0.1, 0.15) is 46.0 Å². The molecule has 3 rings (SSSR count). The number of carbonyl (C=O) groups is 1. The second-order valence-corrected chi connectivity index (χ2v) is 8.80. The lowest BCUT2D eigenvalue weighted by Crippen LogP contribution is -2.52. The first-order valence-electron chi connectivity index (χ1n) is 10.1. The Kier molecular flexibility index (Phi) is 6.83. The van der Waals surface area contributed by atoms with Crippen molar-refractivity contribution in [2.75, 3.05) is 38.3 Å². The molecule has 0 N–H and O–H groups in total. The van der Waals surface area contributed by atoms with Crippen LogP contribution < -0.4 is 4.90 Å². The van der Waals surface area contributed by atoms with E-state index in [9.17, 15) is 10.1 Å². The molecule has 2 aliphatic rings. The molecule has 2 heterocycles. The van der Waals surface area contributed by atoms with Crippen LogP contribution in [-0.4, -0.2) is 69.7 Å². The summed E-state index contributed by atoms with van der Waals surface area (Å²) >= 11 is 1.42. The van der Waals surface area contributed by atoms with Gasteiger partial charge in [0, 0.05) is 26.7 Å². The highest BCUT2D eigenvalue weighted by Crippen LogP contribution is 2.34. The van der Waals surface area contributed by atoms with Crippen LogP contribution in [0.4, 0.5) is 5.95 Å². The summed E-state index contributed by atoms with van der Waals surface area (Å²) in [5.41, 5.74) is -0.665. The number of nitrogens with zero attached hydrogens (tertiary/aromatic N) is 6. The highest BCUT2D eigenvalue weighted by Gasteiger charge is 2.40. The van der Waals surface area contributed by atoms with E-state index in [0.29, 0.717) is 13.2 Å². The number of carbonyl (C=O) groups excluding carboxylic acids is 1. The first kappa shape index (κ1) is 20.9. The molecule has 1 aliphatic carbocycles. The number of rotatable bonds is 6. The predicted molar refractivity (Wildman–Crippen MR) is 108 cm³/mol. The molecule has 2 fully saturated rings. The lowest BCUT2D eigenvalue weighted by atomic mass is 9.81. The highest BCUT2D eigenvalue weighted by atomic mass is 32.2. The molecule has 0 radical (unpaired) electrons. The molecule has 8 nitrogen and oxygen atoms in total. The second kappa shape index (κ2) is 9.14. The number of morpholine rings is 1. The van der Waals surface area contributed by atoms with Gasteiger partial charge < -0.3 is 14.5 Å². The maximum atomic E-state index is 13.1. The fraction of sp³-hybridized carbons (Fsp3) is 0.789. The molecule has 9 heteroatoms. The van der Waals surface area contributed by atoms with E-state index in [0.717, 1.165) is 62.8 Å². The predicted octanol–water partition coefficient (Wildman–Crippen LogP) is 2.30. The molecular formula is C19H30N6O2S. The van der Waals surface area contributed by atoms with Crippen LogP contribution in [0.5, 0.6) is 0 Å². The summed E-state index contributed by atoms with van der Waals surface area (Å²) in [7, 11) is 1.78. The maximum absolute atomic E-state index is 13.1. The third kappa shape index (κ3) is 4.13. The van der Waals surface area contributed by atoms with E-state index in [-0.39, 0.29) is 11.2 Å². The Morgan fingerprint density at radius 2 is 2.00 bits per heavy atom. The number of thioether (sulfide) groups is 1. The number of aromatic nitrogens is 3. The van der Waals surface area contributed by atoms with E-state index in [1.807, 2.05) is 6.92 Å². The van der Waals surface area contributed by atoms with E-state index < -0.39 is 5.54 Å². The lowest BCUT2D eigenvalue weighted by Gasteiger charge is -2.40. The average Bonchev–Trinajstić information content (AvgIpc) is 3.16. The minimum absolute atomic E-state index is 0.0213. The highest BCUT2D eigenvalue weighted by molar-refractivity contribution is 8.00. The minimum atomic E-state index is -0.665. The quantitative estimate of drug-likeness (QED) is 0.670. The van der Waals surface area contributed by atoms with Gasteiger partial charge in [-0.1, -0.05) is 31.0 Å². The van der Waals surface area contributed by atoms with Crippen LogP contribution >= 0.6 is 11.8 Å². The van der Waals surface area contributed by atoms with Crippen molar-refractivity contribution >= 4 is 23.6 Å². The van der Waals surface area contributed by atoms with Crippen molar-refractivity contribution in [1.29, 1.82) is 5.26 Å². The molecule has 1 saturated carbocycles. The minimum Gasteiger partial charge on any atom is -0.378 e. The lowest BCUT2D eigenvalue weighted by molar-refractivity contribution is -0.133. The summed E-state index contributed by atoms with van der Waals surface area (Å²) in [6.45, 7) is 7.66. The monoisotopic (exact) mass is 406 g/mol. The van der Waals surface area contributed by atoms with Crippen LogP contribution in [-0.2, 0) is 16.1 Å². The van der Waals surface area contributed by atoms with Gasteiger partial charge in [-0.25, -0.2) is 0 Å². The molecule has 1 saturated heterocycles. The Morgan fingerprint density at radius 3 is 2.61 bits per heavy atom. The molecule has 1 aliphatic heterocycles. The molecule has 0 bridgehead atoms. The SMILES string of the molecule is CCn1c(S[C@H](C)C(=O)N(C)C2(C#N)CCCCC2)nnc1N1CCOCC1. The van der Waals surface area contributed by atoms with Crippen molar-refractivity contribution in [2.24, 2.45) is 0 Å². The Balaban J connectivity index is 1.71. The number of ether oxygens (including phenoxy) is 1. The zero-order valence-corrected chi connectivity index (χ0v) is 17.9. The van der Waals surface area contributed by atoms with E-state index in [4.69, 9.17) is 4.74 Å². The van der Waals surface area contributed by atoms with E-state index in [2.05, 4.69) is 32.7 Å². The normalized spacial score (nSPS) is 20.4. The Bertz CT molecular complexity index is 718. The largest absolute Gasteiger partial charge is 0.378 e. The van der Waals surface area contributed by atoms with Crippen LogP contribution in [0.3, 0.4) is 0 Å². The fourth-order valence-electron chi connectivity index (χ4n) is 3.99. The summed E-state index contributed by atoms with van der Waals surface area (Å²) in [5.74, 6) is 0.814. The standard InChI is InChI=1S/C19H30N6O2S/c1-4-25-17(24-10-12-27-13-11-24)21-22-18(25)28-15(2)16(26)23(3)19(14-20)8-6-5-7-9-19/h15H,4-13H2,1-3H3/t15-/m1/s1. The van der Waals surface area contributed by atoms with Gasteiger partial charge in [-0.15, -0.1) is 10.2 Å². The van der Waals surface area contributed by atoms with Gasteiger partial charge in [0.2, 0.25) is 11.9 Å². The molecule has 1 aromatic heterocycles. The summed E-state index contributed by atoms with van der Waals surface area (Å²) < 4.78 is 7.48. The first-order chi connectivity index (χ1) is 13.5. The van der Waals surface area contributed by atoms with Gasteiger partial charge in [0.25, 0.3) is 0 Å². The summed E-state index contributed by atoms with van der Waals surface area (Å²) in [4.78, 5) is 16.9. The Labute approximate surface area is 171 Å². The third-order valence-corrected chi connectivity index (χ3v) is 6.87. The summed E-state index contributed by atoms with van der Waals surface area (Å²) in [6, 6.07) is 2.43. The molecular weight excluding hydrogens is 376 g/mol. The van der Waals surface area contributed by atoms with Crippen molar-refractivity contribution in [3.8, 4) is 6.07 Å². The molecule has 0 spiro atoms. The summed E-state index contributed by atoms with van der Waals surface area (Å²) in [6.07, 6.45) is 4.66. The van der Waals surface area contributed by atoms with Gasteiger partial charge in [-0.3, -0.25) is 9.36 Å². The van der Waals surface area contributed by atoms with Crippen molar-refractivity contribution in [3.63, 3.8) is 0 Å². The summed E-state index contributed by atoms with van der Waals surface area (Å²) in [5, 5.41) is 18.9. The number of hydrogen-bond donors (Lipinski definition) is 0. The van der Waals surface area contributed by atoms with E-state index in [1.54, 1.807) is 11.9 Å². The van der Waals surface area contributed by atoms with E-state index >= 15 is 0 Å². The topological polar surface area (TPSA) is 87.3 Å². The van der Waals surface area contributed by atoms with Crippen molar-refractivity contribution in [3.05, 3.63) is 0 Å². The number of amides is 1. The van der Waals surface area contributed by atoms with Gasteiger partial charge in [0.15, 0.2) is 5.16 Å². The third-order valence-electron chi connectivity index (χ3n) is 5.80. The Morgan fingerprint density at radius 1 is 1.32 bits per heavy atom. The first-order valence-corrected chi connectivity index (χ1v) is 11.0. The maximum Gasteiger partial charge on any atom is 0.236 e. The van der Waals surface area contributed by atoms with Gasteiger partial charge in [-0.2, -0.15) is 5.26 Å².